The van der Waals surface area contributed by atoms with Crippen LogP contribution >= 0.6 is 11.3 Å². The van der Waals surface area contributed by atoms with Crippen molar-refractivity contribution < 1.29 is 0 Å². The summed E-state index contributed by atoms with van der Waals surface area (Å²) < 4.78 is 3.41. The van der Waals surface area contributed by atoms with Crippen LogP contribution in [-0.2, 0) is 6.54 Å². The number of rotatable bonds is 5. The number of fused-ring (bicyclic) bond motifs is 1. The second-order valence-electron chi connectivity index (χ2n) is 4.75. The van der Waals surface area contributed by atoms with Crippen LogP contribution in [0.3, 0.4) is 0 Å². The predicted octanol–water partition coefficient (Wildman–Crippen LogP) is 3.82. The fourth-order valence-corrected chi connectivity index (χ4v) is 3.64. The molecule has 0 bridgehead atoms. The molecule has 3 nitrogen and oxygen atoms in total. The molecule has 0 aliphatic carbocycles. The first-order valence-electron chi connectivity index (χ1n) is 7.06. The van der Waals surface area contributed by atoms with E-state index in [2.05, 4.69) is 64.7 Å². The molecule has 3 aromatic rings. The van der Waals surface area contributed by atoms with Crippen molar-refractivity contribution in [1.29, 1.82) is 0 Å². The molecule has 1 N–H and O–H groups in total. The topological polar surface area (TPSA) is 29.9 Å². The second kappa shape index (κ2) is 5.77. The van der Waals surface area contributed by atoms with E-state index in [4.69, 9.17) is 0 Å². The third-order valence-corrected chi connectivity index (χ3v) is 4.56. The van der Waals surface area contributed by atoms with Crippen LogP contribution in [0.5, 0.6) is 0 Å². The molecule has 0 aliphatic rings. The van der Waals surface area contributed by atoms with Crippen molar-refractivity contribution in [2.45, 2.75) is 26.4 Å². The summed E-state index contributed by atoms with van der Waals surface area (Å²) in [6, 6.07) is 10.9. The highest BCUT2D eigenvalue weighted by atomic mass is 32.1. The van der Waals surface area contributed by atoms with Gasteiger partial charge in [0.05, 0.1) is 11.7 Å². The largest absolute Gasteiger partial charge is 0.305 e. The van der Waals surface area contributed by atoms with Gasteiger partial charge in [0.1, 0.15) is 0 Å². The highest BCUT2D eigenvalue weighted by Gasteiger charge is 2.20. The van der Waals surface area contributed by atoms with Crippen LogP contribution in [-0.4, -0.2) is 16.3 Å². The first-order valence-corrected chi connectivity index (χ1v) is 7.94. The van der Waals surface area contributed by atoms with Crippen LogP contribution in [0.15, 0.2) is 41.9 Å². The van der Waals surface area contributed by atoms with Gasteiger partial charge in [-0.2, -0.15) is 5.10 Å². The van der Waals surface area contributed by atoms with Gasteiger partial charge in [-0.15, -0.1) is 11.3 Å². The van der Waals surface area contributed by atoms with Crippen molar-refractivity contribution in [2.24, 2.45) is 0 Å². The van der Waals surface area contributed by atoms with Gasteiger partial charge < -0.3 is 5.32 Å². The fourth-order valence-electron chi connectivity index (χ4n) is 2.65. The number of nitrogens with one attached hydrogen (secondary N) is 1. The summed E-state index contributed by atoms with van der Waals surface area (Å²) in [6.07, 6.45) is 1.89. The van der Waals surface area contributed by atoms with Gasteiger partial charge in [0, 0.05) is 17.4 Å². The van der Waals surface area contributed by atoms with E-state index >= 15 is 0 Å². The van der Waals surface area contributed by atoms with Gasteiger partial charge in [0.2, 0.25) is 0 Å². The molecule has 0 radical (unpaired) electrons. The predicted molar refractivity (Wildman–Crippen MR) is 85.2 cm³/mol. The molecule has 104 valence electrons. The molecule has 1 aromatic carbocycles. The summed E-state index contributed by atoms with van der Waals surface area (Å²) in [5.41, 5.74) is 2.58. The molecule has 2 heterocycles. The lowest BCUT2D eigenvalue weighted by molar-refractivity contribution is 0.545. The zero-order valence-corrected chi connectivity index (χ0v) is 12.7. The van der Waals surface area contributed by atoms with E-state index in [1.165, 1.54) is 21.3 Å². The number of hydrogen-bond acceptors (Lipinski definition) is 3. The molecule has 0 saturated carbocycles. The fraction of sp³-hybridized carbons (Fsp3) is 0.312. The highest BCUT2D eigenvalue weighted by molar-refractivity contribution is 7.17. The quantitative estimate of drug-likeness (QED) is 0.772. The third kappa shape index (κ3) is 2.25. The van der Waals surface area contributed by atoms with E-state index in [-0.39, 0.29) is 6.04 Å². The molecule has 0 spiro atoms. The maximum Gasteiger partial charge on any atom is 0.0762 e. The standard InChI is InChI=1S/C16H19N3S/c1-3-17-16(14-9-10-18-19(14)4-2)13-11-20-15-8-6-5-7-12(13)15/h5-11,16-17H,3-4H2,1-2H3. The summed E-state index contributed by atoms with van der Waals surface area (Å²) in [7, 11) is 0. The smallest absolute Gasteiger partial charge is 0.0762 e. The Morgan fingerprint density at radius 2 is 2.10 bits per heavy atom. The number of benzene rings is 1. The maximum absolute atomic E-state index is 4.41. The van der Waals surface area contributed by atoms with Crippen LogP contribution in [0.4, 0.5) is 0 Å². The van der Waals surface area contributed by atoms with Crippen molar-refractivity contribution in [1.82, 2.24) is 15.1 Å². The van der Waals surface area contributed by atoms with E-state index in [1.54, 1.807) is 0 Å². The molecule has 3 rings (SSSR count). The van der Waals surface area contributed by atoms with E-state index in [9.17, 15) is 0 Å². The molecule has 0 aliphatic heterocycles. The molecular formula is C16H19N3S. The van der Waals surface area contributed by atoms with Crippen molar-refractivity contribution in [3.8, 4) is 0 Å². The zero-order valence-electron chi connectivity index (χ0n) is 11.8. The number of hydrogen-bond donors (Lipinski definition) is 1. The van der Waals surface area contributed by atoms with Crippen molar-refractivity contribution in [3.05, 3.63) is 53.2 Å². The summed E-state index contributed by atoms with van der Waals surface area (Å²) in [5, 5.41) is 11.6. The van der Waals surface area contributed by atoms with Gasteiger partial charge in [-0.25, -0.2) is 0 Å². The Morgan fingerprint density at radius 1 is 1.25 bits per heavy atom. The lowest BCUT2D eigenvalue weighted by atomic mass is 10.0. The lowest BCUT2D eigenvalue weighted by Gasteiger charge is -2.19. The second-order valence-corrected chi connectivity index (χ2v) is 5.66. The Bertz CT molecular complexity index is 698. The number of nitrogens with zero attached hydrogens (tertiary/aromatic N) is 2. The van der Waals surface area contributed by atoms with Crippen LogP contribution in [0.1, 0.15) is 31.1 Å². The van der Waals surface area contributed by atoms with E-state index in [0.717, 1.165) is 13.1 Å². The minimum absolute atomic E-state index is 0.207. The average Bonchev–Trinajstić information content (AvgIpc) is 3.11. The van der Waals surface area contributed by atoms with Crippen molar-refractivity contribution in [3.63, 3.8) is 0 Å². The van der Waals surface area contributed by atoms with Crippen LogP contribution in [0.25, 0.3) is 10.1 Å². The summed E-state index contributed by atoms with van der Waals surface area (Å²) in [5.74, 6) is 0. The van der Waals surface area contributed by atoms with E-state index in [1.807, 2.05) is 17.5 Å². The highest BCUT2D eigenvalue weighted by Crippen LogP contribution is 2.33. The number of aryl methyl sites for hydroxylation is 1. The molecule has 2 aromatic heterocycles. The van der Waals surface area contributed by atoms with Gasteiger partial charge >= 0.3 is 0 Å². The Balaban J connectivity index is 2.11. The van der Waals surface area contributed by atoms with Gasteiger partial charge in [-0.05, 0) is 41.9 Å². The Morgan fingerprint density at radius 3 is 2.90 bits per heavy atom. The first kappa shape index (κ1) is 13.3. The zero-order chi connectivity index (χ0) is 13.9. The minimum atomic E-state index is 0.207. The molecule has 4 heteroatoms. The molecule has 1 atom stereocenters. The van der Waals surface area contributed by atoms with Crippen molar-refractivity contribution in [2.75, 3.05) is 6.54 Å². The van der Waals surface area contributed by atoms with Gasteiger partial charge in [-0.1, -0.05) is 25.1 Å². The Hall–Kier alpha value is -1.65. The SMILES string of the molecule is CCNC(c1csc2ccccc12)c1ccnn1CC. The molecule has 0 saturated heterocycles. The summed E-state index contributed by atoms with van der Waals surface area (Å²) in [4.78, 5) is 0. The third-order valence-electron chi connectivity index (χ3n) is 3.57. The molecule has 20 heavy (non-hydrogen) atoms. The number of thiophene rings is 1. The van der Waals surface area contributed by atoms with Gasteiger partial charge in [-0.3, -0.25) is 4.68 Å². The Labute approximate surface area is 123 Å². The van der Waals surface area contributed by atoms with Crippen molar-refractivity contribution >= 4 is 21.4 Å². The van der Waals surface area contributed by atoms with Crippen LogP contribution < -0.4 is 5.32 Å². The number of aromatic nitrogens is 2. The summed E-state index contributed by atoms with van der Waals surface area (Å²) in [6.45, 7) is 6.11. The van der Waals surface area contributed by atoms with E-state index < -0.39 is 0 Å². The minimum Gasteiger partial charge on any atom is -0.305 e. The molecule has 0 amide bonds. The van der Waals surface area contributed by atoms with E-state index in [0.29, 0.717) is 0 Å². The normalized spacial score (nSPS) is 12.9. The monoisotopic (exact) mass is 285 g/mol. The Kier molecular flexibility index (Phi) is 3.85. The van der Waals surface area contributed by atoms with Crippen LogP contribution in [0.2, 0.25) is 0 Å². The van der Waals surface area contributed by atoms with Crippen LogP contribution in [0, 0.1) is 0 Å². The van der Waals surface area contributed by atoms with Gasteiger partial charge in [0.15, 0.2) is 0 Å². The maximum atomic E-state index is 4.41. The average molecular weight is 285 g/mol. The van der Waals surface area contributed by atoms with Gasteiger partial charge in [0.25, 0.3) is 0 Å². The lowest BCUT2D eigenvalue weighted by Crippen LogP contribution is -2.24. The summed E-state index contributed by atoms with van der Waals surface area (Å²) >= 11 is 1.81. The molecule has 0 fully saturated rings. The first-order chi connectivity index (χ1) is 9.85. The molecular weight excluding hydrogens is 266 g/mol. The molecule has 1 unspecified atom stereocenters.